The molecule has 1 aliphatic rings. The van der Waals surface area contributed by atoms with Crippen molar-refractivity contribution < 1.29 is 0 Å². The van der Waals surface area contributed by atoms with E-state index in [0.717, 1.165) is 24.1 Å². The number of nitrogens with two attached hydrogens (primary N) is 1. The fourth-order valence-corrected chi connectivity index (χ4v) is 1.90. The average molecular weight is 215 g/mol. The van der Waals surface area contributed by atoms with E-state index in [4.69, 9.17) is 5.73 Å². The number of hydrogen-bond acceptors (Lipinski definition) is 2. The van der Waals surface area contributed by atoms with Crippen LogP contribution in [-0.4, -0.2) is 9.55 Å². The predicted octanol–water partition coefficient (Wildman–Crippen LogP) is 1.11. The number of aromatic nitrogens is 2. The van der Waals surface area contributed by atoms with Gasteiger partial charge < -0.3 is 10.7 Å². The van der Waals surface area contributed by atoms with Crippen molar-refractivity contribution in [1.29, 1.82) is 0 Å². The Morgan fingerprint density at radius 3 is 2.44 bits per heavy atom. The molecule has 3 rings (SSSR count). The van der Waals surface area contributed by atoms with Crippen LogP contribution in [0.4, 0.5) is 0 Å². The molecule has 4 heteroatoms. The first-order valence-electron chi connectivity index (χ1n) is 5.35. The fraction of sp³-hybridized carbons (Fsp3) is 0.250. The zero-order valence-electron chi connectivity index (χ0n) is 8.81. The second kappa shape index (κ2) is 3.09. The minimum atomic E-state index is -0.123. The molecule has 16 heavy (non-hydrogen) atoms. The lowest BCUT2D eigenvalue weighted by Crippen LogP contribution is -2.19. The van der Waals surface area contributed by atoms with Gasteiger partial charge in [0.05, 0.1) is 5.69 Å². The van der Waals surface area contributed by atoms with Crippen molar-refractivity contribution in [2.75, 3.05) is 0 Å². The summed E-state index contributed by atoms with van der Waals surface area (Å²) in [5.41, 5.74) is 7.87. The minimum absolute atomic E-state index is 0.109. The summed E-state index contributed by atoms with van der Waals surface area (Å²) in [5, 5.41) is 0. The standard InChI is InChI=1S/C12H13N3O/c13-12(5-6-12)9-1-3-10(4-2-9)15-8-7-14-11(15)16/h1-4,7-8H,5-6,13H2,(H,14,16). The first-order chi connectivity index (χ1) is 7.69. The van der Waals surface area contributed by atoms with Gasteiger partial charge in [0.25, 0.3) is 0 Å². The molecule has 3 N–H and O–H groups in total. The summed E-state index contributed by atoms with van der Waals surface area (Å²) < 4.78 is 1.57. The van der Waals surface area contributed by atoms with Crippen LogP contribution in [0.1, 0.15) is 18.4 Å². The van der Waals surface area contributed by atoms with E-state index in [2.05, 4.69) is 4.98 Å². The highest BCUT2D eigenvalue weighted by Crippen LogP contribution is 2.42. The van der Waals surface area contributed by atoms with Crippen LogP contribution in [0.2, 0.25) is 0 Å². The van der Waals surface area contributed by atoms with Gasteiger partial charge in [0.1, 0.15) is 0 Å². The summed E-state index contributed by atoms with van der Waals surface area (Å²) in [7, 11) is 0. The Hall–Kier alpha value is -1.81. The van der Waals surface area contributed by atoms with E-state index >= 15 is 0 Å². The summed E-state index contributed by atoms with van der Waals surface area (Å²) in [4.78, 5) is 14.0. The number of hydrogen-bond donors (Lipinski definition) is 2. The smallest absolute Gasteiger partial charge is 0.321 e. The van der Waals surface area contributed by atoms with E-state index in [1.54, 1.807) is 17.0 Å². The van der Waals surface area contributed by atoms with Gasteiger partial charge in [0, 0.05) is 17.9 Å². The molecule has 0 amide bonds. The molecule has 0 unspecified atom stereocenters. The average Bonchev–Trinajstić information content (AvgIpc) is 2.90. The van der Waals surface area contributed by atoms with Gasteiger partial charge in [-0.2, -0.15) is 0 Å². The third-order valence-corrected chi connectivity index (χ3v) is 3.16. The van der Waals surface area contributed by atoms with E-state index in [9.17, 15) is 4.79 Å². The van der Waals surface area contributed by atoms with Gasteiger partial charge in [-0.15, -0.1) is 0 Å². The van der Waals surface area contributed by atoms with Gasteiger partial charge in [0.15, 0.2) is 0 Å². The molecule has 1 aromatic carbocycles. The molecule has 1 saturated carbocycles. The van der Waals surface area contributed by atoms with E-state index in [-0.39, 0.29) is 11.2 Å². The molecule has 82 valence electrons. The monoisotopic (exact) mass is 215 g/mol. The topological polar surface area (TPSA) is 63.8 Å². The van der Waals surface area contributed by atoms with Crippen LogP contribution in [0.3, 0.4) is 0 Å². The summed E-state index contributed by atoms with van der Waals surface area (Å²) in [6.07, 6.45) is 5.45. The number of nitrogens with zero attached hydrogens (tertiary/aromatic N) is 1. The highest BCUT2D eigenvalue weighted by molar-refractivity contribution is 5.39. The quantitative estimate of drug-likeness (QED) is 0.788. The number of H-pyrrole nitrogens is 1. The minimum Gasteiger partial charge on any atom is -0.321 e. The van der Waals surface area contributed by atoms with E-state index in [1.807, 2.05) is 24.3 Å². The molecule has 1 aliphatic carbocycles. The van der Waals surface area contributed by atoms with Gasteiger partial charge in [-0.1, -0.05) is 12.1 Å². The lowest BCUT2D eigenvalue weighted by atomic mass is 10.1. The van der Waals surface area contributed by atoms with Gasteiger partial charge in [0.2, 0.25) is 0 Å². The number of nitrogens with one attached hydrogen (secondary N) is 1. The van der Waals surface area contributed by atoms with Gasteiger partial charge >= 0.3 is 5.69 Å². The molecule has 0 bridgehead atoms. The molecule has 0 spiro atoms. The highest BCUT2D eigenvalue weighted by atomic mass is 16.1. The largest absolute Gasteiger partial charge is 0.330 e. The molecular weight excluding hydrogens is 202 g/mol. The number of imidazole rings is 1. The van der Waals surface area contributed by atoms with Gasteiger partial charge in [-0.25, -0.2) is 4.79 Å². The lowest BCUT2D eigenvalue weighted by molar-refractivity contribution is 0.739. The van der Waals surface area contributed by atoms with E-state index < -0.39 is 0 Å². The third-order valence-electron chi connectivity index (χ3n) is 3.16. The van der Waals surface area contributed by atoms with Crippen LogP contribution in [0.5, 0.6) is 0 Å². The SMILES string of the molecule is NC1(c2ccc(-n3cc[nH]c3=O)cc2)CC1. The summed E-state index contributed by atoms with van der Waals surface area (Å²) in [5.74, 6) is 0. The van der Waals surface area contributed by atoms with Crippen LogP contribution in [-0.2, 0) is 5.54 Å². The van der Waals surface area contributed by atoms with Crippen molar-refractivity contribution in [3.63, 3.8) is 0 Å². The van der Waals surface area contributed by atoms with Gasteiger partial charge in [-0.3, -0.25) is 4.57 Å². The highest BCUT2D eigenvalue weighted by Gasteiger charge is 2.39. The van der Waals surface area contributed by atoms with Crippen LogP contribution in [0.15, 0.2) is 41.5 Å². The molecule has 1 aromatic heterocycles. The number of aromatic amines is 1. The normalized spacial score (nSPS) is 17.3. The van der Waals surface area contributed by atoms with E-state index in [0.29, 0.717) is 0 Å². The second-order valence-corrected chi connectivity index (χ2v) is 4.34. The van der Waals surface area contributed by atoms with Crippen molar-refractivity contribution >= 4 is 0 Å². The first-order valence-corrected chi connectivity index (χ1v) is 5.35. The fourth-order valence-electron chi connectivity index (χ4n) is 1.90. The Kier molecular flexibility index (Phi) is 1.82. The molecule has 2 aromatic rings. The molecule has 4 nitrogen and oxygen atoms in total. The third kappa shape index (κ3) is 1.39. The van der Waals surface area contributed by atoms with Crippen LogP contribution in [0.25, 0.3) is 5.69 Å². The van der Waals surface area contributed by atoms with Gasteiger partial charge in [-0.05, 0) is 30.5 Å². The molecule has 0 saturated heterocycles. The van der Waals surface area contributed by atoms with Crippen molar-refractivity contribution in [3.05, 3.63) is 52.7 Å². The maximum Gasteiger partial charge on any atom is 0.330 e. The summed E-state index contributed by atoms with van der Waals surface area (Å²) in [6, 6.07) is 7.86. The Morgan fingerprint density at radius 2 is 1.94 bits per heavy atom. The maximum atomic E-state index is 11.4. The lowest BCUT2D eigenvalue weighted by Gasteiger charge is -2.09. The second-order valence-electron chi connectivity index (χ2n) is 4.34. The molecule has 1 heterocycles. The van der Waals surface area contributed by atoms with Crippen molar-refractivity contribution in [3.8, 4) is 5.69 Å². The maximum absolute atomic E-state index is 11.4. The molecular formula is C12H13N3O. The van der Waals surface area contributed by atoms with Crippen LogP contribution >= 0.6 is 0 Å². The summed E-state index contributed by atoms with van der Waals surface area (Å²) >= 11 is 0. The summed E-state index contributed by atoms with van der Waals surface area (Å²) in [6.45, 7) is 0. The Morgan fingerprint density at radius 1 is 1.25 bits per heavy atom. The van der Waals surface area contributed by atoms with Crippen molar-refractivity contribution in [2.24, 2.45) is 5.73 Å². The molecule has 0 atom stereocenters. The molecule has 1 fully saturated rings. The Balaban J connectivity index is 1.99. The van der Waals surface area contributed by atoms with Crippen molar-refractivity contribution in [2.45, 2.75) is 18.4 Å². The molecule has 0 aliphatic heterocycles. The number of rotatable bonds is 2. The van der Waals surface area contributed by atoms with Crippen LogP contribution < -0.4 is 11.4 Å². The Labute approximate surface area is 92.7 Å². The zero-order valence-corrected chi connectivity index (χ0v) is 8.81. The van der Waals surface area contributed by atoms with Crippen LogP contribution in [0, 0.1) is 0 Å². The first kappa shape index (κ1) is 9.42. The Bertz CT molecular complexity index is 560. The number of benzene rings is 1. The van der Waals surface area contributed by atoms with E-state index in [1.165, 1.54) is 0 Å². The van der Waals surface area contributed by atoms with Crippen molar-refractivity contribution in [1.82, 2.24) is 9.55 Å². The molecule has 0 radical (unpaired) electrons. The zero-order chi connectivity index (χ0) is 11.2. The predicted molar refractivity (Wildman–Crippen MR) is 61.5 cm³/mol.